The number of alkyl halides is 6. The molecule has 2 saturated heterocycles. The summed E-state index contributed by atoms with van der Waals surface area (Å²) in [6, 6.07) is 7.56. The number of ether oxygens (including phenoxy) is 2. The van der Waals surface area contributed by atoms with E-state index in [1.165, 1.54) is 33.6 Å². The number of hydrogen-bond acceptors (Lipinski definition) is 9. The largest absolute Gasteiger partial charge is 0.418 e. The first-order chi connectivity index (χ1) is 23.6. The minimum Gasteiger partial charge on any atom is -0.406 e. The van der Waals surface area contributed by atoms with Gasteiger partial charge in [0.1, 0.15) is 29.3 Å². The maximum absolute atomic E-state index is 13.3. The van der Waals surface area contributed by atoms with E-state index < -0.39 is 68.7 Å². The van der Waals surface area contributed by atoms with E-state index in [1.54, 1.807) is 0 Å². The molecule has 0 saturated carbocycles. The number of halogens is 6. The van der Waals surface area contributed by atoms with Gasteiger partial charge in [0.25, 0.3) is 0 Å². The zero-order valence-electron chi connectivity index (χ0n) is 29.6. The second-order valence-corrected chi connectivity index (χ2v) is 19.3. The highest BCUT2D eigenvalue weighted by Gasteiger charge is 2.51. The van der Waals surface area contributed by atoms with Gasteiger partial charge in [-0.25, -0.2) is 9.36 Å². The standard InChI is InChI=1S/C19H28F3N3O3Si.C14H16F3N3O2/c1-7-13-15(26)16(28-29(5,6)18(2,3)4)17(27-13)25-12-10-8-9-11(19(20,21)22)14(12)23-24-25;1-3-10-7(2)12(21)13(22-10)20-9-6-4-5-8(14(15,16)17)11(9)18-19-20/h8-10,13,15-17,26H,7H2,1-6H3;4-7,10,12-13,21H,3H2,1-2H3/t13-,15-,16-,17-;7-,10-,12-,13-/m11/s1. The van der Waals surface area contributed by atoms with Crippen LogP contribution in [0.5, 0.6) is 0 Å². The van der Waals surface area contributed by atoms with E-state index in [1.807, 2.05) is 20.8 Å². The summed E-state index contributed by atoms with van der Waals surface area (Å²) in [5.74, 6) is -0.125. The van der Waals surface area contributed by atoms with Crippen LogP contribution in [-0.4, -0.2) is 79.0 Å². The van der Waals surface area contributed by atoms with Gasteiger partial charge in [0.2, 0.25) is 0 Å². The van der Waals surface area contributed by atoms with Crippen LogP contribution in [0.2, 0.25) is 18.1 Å². The van der Waals surface area contributed by atoms with Crippen molar-refractivity contribution in [3.8, 4) is 0 Å². The summed E-state index contributed by atoms with van der Waals surface area (Å²) in [4.78, 5) is 0. The molecule has 51 heavy (non-hydrogen) atoms. The van der Waals surface area contributed by atoms with Crippen molar-refractivity contribution in [1.82, 2.24) is 30.0 Å². The highest BCUT2D eigenvalue weighted by Crippen LogP contribution is 2.44. The van der Waals surface area contributed by atoms with Crippen molar-refractivity contribution in [2.45, 2.75) is 128 Å². The number of hydrogen-bond donors (Lipinski definition) is 2. The number of aliphatic hydroxyl groups excluding tert-OH is 2. The van der Waals surface area contributed by atoms with Crippen LogP contribution in [0.4, 0.5) is 26.3 Å². The van der Waals surface area contributed by atoms with Gasteiger partial charge in [0.05, 0.1) is 34.4 Å². The fraction of sp³-hybridized carbons (Fsp3) is 0.636. The SMILES string of the molecule is CC[C@H]1O[C@@H](n2nnc3c(C(F)(F)F)cccc32)[C@H](O)[C@@H]1C.CC[C@H]1O[C@@H](n2nnc3c(C(F)(F)F)cccc32)[C@H](O[Si](C)(C)C(C)(C)C)[C@@H]1O. The molecule has 0 radical (unpaired) electrons. The van der Waals surface area contributed by atoms with E-state index in [2.05, 4.69) is 54.5 Å². The number of benzene rings is 2. The lowest BCUT2D eigenvalue weighted by Gasteiger charge is -2.40. The van der Waals surface area contributed by atoms with Crippen molar-refractivity contribution < 1.29 is 50.5 Å². The normalized spacial score (nSPS) is 27.7. The molecule has 18 heteroatoms. The molecule has 282 valence electrons. The van der Waals surface area contributed by atoms with Crippen LogP contribution in [0.25, 0.3) is 22.1 Å². The Morgan fingerprint density at radius 3 is 1.61 bits per heavy atom. The molecule has 0 bridgehead atoms. The van der Waals surface area contributed by atoms with E-state index in [9.17, 15) is 36.6 Å². The van der Waals surface area contributed by atoms with Gasteiger partial charge in [-0.2, -0.15) is 26.3 Å². The Hall–Kier alpha value is -3.16. The summed E-state index contributed by atoms with van der Waals surface area (Å²) in [7, 11) is -2.30. The third-order valence-electron chi connectivity index (χ3n) is 10.2. The van der Waals surface area contributed by atoms with Gasteiger partial charge in [0, 0.05) is 5.92 Å². The third-order valence-corrected chi connectivity index (χ3v) is 14.7. The first-order valence-corrected chi connectivity index (χ1v) is 19.7. The minimum atomic E-state index is -4.54. The van der Waals surface area contributed by atoms with E-state index >= 15 is 0 Å². The van der Waals surface area contributed by atoms with Crippen molar-refractivity contribution in [3.05, 3.63) is 47.5 Å². The molecular formula is C33H44F6N6O5Si. The highest BCUT2D eigenvalue weighted by atomic mass is 28.4. The minimum absolute atomic E-state index is 0.116. The second-order valence-electron chi connectivity index (χ2n) is 14.5. The van der Waals surface area contributed by atoms with E-state index in [-0.39, 0.29) is 39.1 Å². The van der Waals surface area contributed by atoms with Gasteiger partial charge >= 0.3 is 12.4 Å². The summed E-state index contributed by atoms with van der Waals surface area (Å²) < 4.78 is 99.8. The smallest absolute Gasteiger partial charge is 0.406 e. The summed E-state index contributed by atoms with van der Waals surface area (Å²) >= 11 is 0. The zero-order valence-corrected chi connectivity index (χ0v) is 30.6. The molecule has 8 atom stereocenters. The molecule has 11 nitrogen and oxygen atoms in total. The summed E-state index contributed by atoms with van der Waals surface area (Å²) in [5.41, 5.74) is -1.79. The topological polar surface area (TPSA) is 130 Å². The molecule has 4 heterocycles. The molecule has 6 rings (SSSR count). The summed E-state index contributed by atoms with van der Waals surface area (Å²) in [6.07, 6.45) is -12.7. The van der Waals surface area contributed by atoms with Crippen LogP contribution in [-0.2, 0) is 26.3 Å². The van der Waals surface area contributed by atoms with Crippen LogP contribution in [0.15, 0.2) is 36.4 Å². The van der Waals surface area contributed by atoms with Crippen molar-refractivity contribution >= 4 is 30.4 Å². The molecule has 2 aromatic heterocycles. The van der Waals surface area contributed by atoms with Crippen molar-refractivity contribution in [2.24, 2.45) is 5.92 Å². The Kier molecular flexibility index (Phi) is 10.7. The van der Waals surface area contributed by atoms with Gasteiger partial charge in [-0.1, -0.05) is 64.1 Å². The number of aromatic nitrogens is 6. The highest BCUT2D eigenvalue weighted by molar-refractivity contribution is 6.74. The molecule has 2 N–H and O–H groups in total. The van der Waals surface area contributed by atoms with Crippen LogP contribution in [0.1, 0.15) is 78.0 Å². The predicted molar refractivity (Wildman–Crippen MR) is 177 cm³/mol. The molecule has 2 aliphatic rings. The first-order valence-electron chi connectivity index (χ1n) is 16.8. The molecule has 0 amide bonds. The van der Waals surface area contributed by atoms with Gasteiger partial charge in [0.15, 0.2) is 20.8 Å². The first kappa shape index (κ1) is 39.1. The Balaban J connectivity index is 0.000000205. The van der Waals surface area contributed by atoms with Crippen LogP contribution >= 0.6 is 0 Å². The van der Waals surface area contributed by atoms with Crippen LogP contribution in [0.3, 0.4) is 0 Å². The number of aliphatic hydroxyl groups is 2. The second kappa shape index (κ2) is 14.0. The average Bonchev–Trinajstić information content (AvgIpc) is 3.80. The molecule has 2 aliphatic heterocycles. The third kappa shape index (κ3) is 7.40. The Labute approximate surface area is 292 Å². The fourth-order valence-corrected chi connectivity index (χ4v) is 7.48. The lowest BCUT2D eigenvalue weighted by molar-refractivity contribution is -0.137. The molecule has 2 fully saturated rings. The summed E-state index contributed by atoms with van der Waals surface area (Å²) in [6.45, 7) is 16.0. The molecule has 2 aromatic carbocycles. The predicted octanol–water partition coefficient (Wildman–Crippen LogP) is 7.26. The van der Waals surface area contributed by atoms with Crippen LogP contribution < -0.4 is 0 Å². The van der Waals surface area contributed by atoms with E-state index in [0.29, 0.717) is 12.8 Å². The van der Waals surface area contributed by atoms with Crippen LogP contribution in [0, 0.1) is 5.92 Å². The maximum Gasteiger partial charge on any atom is 0.418 e. The number of nitrogens with zero attached hydrogens (tertiary/aromatic N) is 6. The fourth-order valence-electron chi connectivity index (χ4n) is 6.19. The van der Waals surface area contributed by atoms with Crippen molar-refractivity contribution in [2.75, 3.05) is 0 Å². The lowest BCUT2D eigenvalue weighted by Crippen LogP contribution is -2.48. The molecule has 0 aliphatic carbocycles. The average molecular weight is 747 g/mol. The molecule has 0 spiro atoms. The molecular weight excluding hydrogens is 702 g/mol. The zero-order chi connectivity index (χ0) is 37.8. The Morgan fingerprint density at radius 2 is 1.20 bits per heavy atom. The monoisotopic (exact) mass is 746 g/mol. The van der Waals surface area contributed by atoms with E-state index in [0.717, 1.165) is 12.1 Å². The Morgan fingerprint density at radius 1 is 0.745 bits per heavy atom. The maximum atomic E-state index is 13.3. The summed E-state index contributed by atoms with van der Waals surface area (Å²) in [5, 5.41) is 36.2. The van der Waals surface area contributed by atoms with Crippen molar-refractivity contribution in [1.29, 1.82) is 0 Å². The quantitative estimate of drug-likeness (QED) is 0.155. The Bertz CT molecular complexity index is 1830. The number of rotatable bonds is 6. The van der Waals surface area contributed by atoms with E-state index in [4.69, 9.17) is 13.9 Å². The van der Waals surface area contributed by atoms with Gasteiger partial charge in [-0.05, 0) is 55.2 Å². The molecule has 4 aromatic rings. The van der Waals surface area contributed by atoms with Gasteiger partial charge in [-0.15, -0.1) is 10.2 Å². The van der Waals surface area contributed by atoms with Crippen molar-refractivity contribution in [3.63, 3.8) is 0 Å². The molecule has 0 unspecified atom stereocenters. The van der Waals surface area contributed by atoms with Gasteiger partial charge < -0.3 is 24.1 Å². The van der Waals surface area contributed by atoms with Gasteiger partial charge in [-0.3, -0.25) is 0 Å². The lowest BCUT2D eigenvalue weighted by atomic mass is 9.99. The number of fused-ring (bicyclic) bond motifs is 2.